The molecule has 0 unspecified atom stereocenters. The fraction of sp³-hybridized carbons (Fsp3) is 0.200. The van der Waals surface area contributed by atoms with Gasteiger partial charge in [0.2, 0.25) is 0 Å². The van der Waals surface area contributed by atoms with Crippen molar-refractivity contribution in [3.05, 3.63) is 49.3 Å². The Morgan fingerprint density at radius 2 is 1.62 bits per heavy atom. The summed E-state index contributed by atoms with van der Waals surface area (Å²) in [5.41, 5.74) is 6.75. The van der Waals surface area contributed by atoms with Crippen LogP contribution in [-0.2, 0) is 6.42 Å². The fourth-order valence-corrected chi connectivity index (χ4v) is 3.27. The maximum Gasteiger partial charge on any atom is 0.143 e. The standard InChI is InChI=1S/C15H14Br3NO2/c1-20-14-7-13(18)15(8-12(14)17)21-10-3-2-9(4-5-19)11(16)6-10/h2-3,6-8H,4-5,19H2,1H3. The zero-order chi connectivity index (χ0) is 15.4. The lowest BCUT2D eigenvalue weighted by molar-refractivity contribution is 0.409. The molecule has 3 nitrogen and oxygen atoms in total. The largest absolute Gasteiger partial charge is 0.496 e. The first kappa shape index (κ1) is 16.8. The summed E-state index contributed by atoms with van der Waals surface area (Å²) >= 11 is 10.5. The van der Waals surface area contributed by atoms with Crippen LogP contribution in [0.5, 0.6) is 17.2 Å². The lowest BCUT2D eigenvalue weighted by Crippen LogP contribution is -2.03. The molecule has 2 rings (SSSR count). The predicted octanol–water partition coefficient (Wildman–Crippen LogP) is 5.28. The third-order valence-electron chi connectivity index (χ3n) is 2.87. The van der Waals surface area contributed by atoms with Crippen molar-refractivity contribution in [1.29, 1.82) is 0 Å². The summed E-state index contributed by atoms with van der Waals surface area (Å²) in [6, 6.07) is 9.61. The summed E-state index contributed by atoms with van der Waals surface area (Å²) in [5.74, 6) is 2.20. The third-order valence-corrected chi connectivity index (χ3v) is 4.85. The van der Waals surface area contributed by atoms with E-state index in [4.69, 9.17) is 15.2 Å². The van der Waals surface area contributed by atoms with E-state index in [0.717, 1.165) is 31.3 Å². The topological polar surface area (TPSA) is 44.5 Å². The molecule has 0 aromatic heterocycles. The third kappa shape index (κ3) is 4.22. The SMILES string of the molecule is COc1cc(Br)c(Oc2ccc(CCN)c(Br)c2)cc1Br. The Kier molecular flexibility index (Phi) is 6.10. The minimum Gasteiger partial charge on any atom is -0.496 e. The Bertz CT molecular complexity index is 647. The lowest BCUT2D eigenvalue weighted by Gasteiger charge is -2.12. The van der Waals surface area contributed by atoms with E-state index in [-0.39, 0.29) is 0 Å². The molecule has 0 aliphatic rings. The van der Waals surface area contributed by atoms with Gasteiger partial charge in [-0.1, -0.05) is 22.0 Å². The number of hydrogen-bond donors (Lipinski definition) is 1. The minimum absolute atomic E-state index is 0.621. The molecule has 0 spiro atoms. The van der Waals surface area contributed by atoms with Crippen molar-refractivity contribution in [3.8, 4) is 17.2 Å². The van der Waals surface area contributed by atoms with E-state index in [0.29, 0.717) is 12.3 Å². The molecule has 0 aliphatic heterocycles. The molecule has 0 fully saturated rings. The van der Waals surface area contributed by atoms with Crippen LogP contribution in [0.1, 0.15) is 5.56 Å². The van der Waals surface area contributed by atoms with Gasteiger partial charge in [-0.3, -0.25) is 0 Å². The molecule has 112 valence electrons. The molecule has 0 amide bonds. The van der Waals surface area contributed by atoms with Gasteiger partial charge in [-0.2, -0.15) is 0 Å². The Morgan fingerprint density at radius 3 is 2.24 bits per heavy atom. The van der Waals surface area contributed by atoms with Crippen molar-refractivity contribution >= 4 is 47.8 Å². The van der Waals surface area contributed by atoms with Crippen molar-refractivity contribution in [2.75, 3.05) is 13.7 Å². The molecule has 2 aromatic carbocycles. The van der Waals surface area contributed by atoms with Gasteiger partial charge in [-0.05, 0) is 74.7 Å². The van der Waals surface area contributed by atoms with E-state index >= 15 is 0 Å². The van der Waals surface area contributed by atoms with Crippen LogP contribution in [0.15, 0.2) is 43.7 Å². The number of rotatable bonds is 5. The van der Waals surface area contributed by atoms with Crippen LogP contribution >= 0.6 is 47.8 Å². The maximum absolute atomic E-state index is 5.91. The van der Waals surface area contributed by atoms with Gasteiger partial charge in [-0.15, -0.1) is 0 Å². The van der Waals surface area contributed by atoms with Gasteiger partial charge in [0.15, 0.2) is 0 Å². The average molecular weight is 480 g/mol. The smallest absolute Gasteiger partial charge is 0.143 e. The van der Waals surface area contributed by atoms with Crippen LogP contribution in [0.25, 0.3) is 0 Å². The van der Waals surface area contributed by atoms with Gasteiger partial charge in [0.05, 0.1) is 16.1 Å². The van der Waals surface area contributed by atoms with Crippen molar-refractivity contribution in [2.45, 2.75) is 6.42 Å². The van der Waals surface area contributed by atoms with Gasteiger partial charge < -0.3 is 15.2 Å². The maximum atomic E-state index is 5.91. The van der Waals surface area contributed by atoms with Crippen LogP contribution in [0, 0.1) is 0 Å². The second kappa shape index (κ2) is 7.63. The summed E-state index contributed by atoms with van der Waals surface area (Å²) < 4.78 is 13.8. The second-order valence-corrected chi connectivity index (χ2v) is 6.87. The molecule has 0 radical (unpaired) electrons. The number of hydrogen-bond acceptors (Lipinski definition) is 3. The molecular formula is C15H14Br3NO2. The van der Waals surface area contributed by atoms with Crippen molar-refractivity contribution in [1.82, 2.24) is 0 Å². The lowest BCUT2D eigenvalue weighted by atomic mass is 10.1. The van der Waals surface area contributed by atoms with Gasteiger partial charge in [0.1, 0.15) is 17.2 Å². The number of benzene rings is 2. The van der Waals surface area contributed by atoms with E-state index in [1.807, 2.05) is 30.3 Å². The molecule has 0 aliphatic carbocycles. The van der Waals surface area contributed by atoms with E-state index in [2.05, 4.69) is 47.8 Å². The number of methoxy groups -OCH3 is 1. The summed E-state index contributed by atoms with van der Waals surface area (Å²) in [6.07, 6.45) is 0.832. The Balaban J connectivity index is 2.26. The van der Waals surface area contributed by atoms with E-state index in [1.165, 1.54) is 5.56 Å². The number of halogens is 3. The van der Waals surface area contributed by atoms with Crippen LogP contribution in [0.2, 0.25) is 0 Å². The number of ether oxygens (including phenoxy) is 2. The zero-order valence-corrected chi connectivity index (χ0v) is 16.1. The van der Waals surface area contributed by atoms with E-state index < -0.39 is 0 Å². The van der Waals surface area contributed by atoms with E-state index in [9.17, 15) is 0 Å². The average Bonchev–Trinajstić information content (AvgIpc) is 2.45. The quantitative estimate of drug-likeness (QED) is 0.635. The number of nitrogens with two attached hydrogens (primary N) is 1. The van der Waals surface area contributed by atoms with Crippen molar-refractivity contribution < 1.29 is 9.47 Å². The summed E-state index contributed by atoms with van der Waals surface area (Å²) in [7, 11) is 1.63. The van der Waals surface area contributed by atoms with Crippen LogP contribution < -0.4 is 15.2 Å². The summed E-state index contributed by atoms with van der Waals surface area (Å²) in [4.78, 5) is 0. The summed E-state index contributed by atoms with van der Waals surface area (Å²) in [6.45, 7) is 0.621. The Labute approximate surface area is 149 Å². The van der Waals surface area contributed by atoms with Gasteiger partial charge in [-0.25, -0.2) is 0 Å². The van der Waals surface area contributed by atoms with Crippen molar-refractivity contribution in [2.24, 2.45) is 5.73 Å². The highest BCUT2D eigenvalue weighted by molar-refractivity contribution is 9.11. The zero-order valence-electron chi connectivity index (χ0n) is 11.3. The highest BCUT2D eigenvalue weighted by Crippen LogP contribution is 2.38. The Morgan fingerprint density at radius 1 is 0.952 bits per heavy atom. The molecule has 0 saturated heterocycles. The first-order valence-electron chi connectivity index (χ1n) is 6.24. The summed E-state index contributed by atoms with van der Waals surface area (Å²) in [5, 5.41) is 0. The van der Waals surface area contributed by atoms with E-state index in [1.54, 1.807) is 7.11 Å². The monoisotopic (exact) mass is 477 g/mol. The molecule has 0 bridgehead atoms. The highest BCUT2D eigenvalue weighted by atomic mass is 79.9. The molecule has 6 heteroatoms. The molecule has 2 aromatic rings. The predicted molar refractivity (Wildman–Crippen MR) is 95.4 cm³/mol. The minimum atomic E-state index is 0.621. The molecule has 21 heavy (non-hydrogen) atoms. The van der Waals surface area contributed by atoms with Gasteiger partial charge >= 0.3 is 0 Å². The van der Waals surface area contributed by atoms with Crippen LogP contribution in [-0.4, -0.2) is 13.7 Å². The molecule has 0 atom stereocenters. The first-order chi connectivity index (χ1) is 10.0. The van der Waals surface area contributed by atoms with Crippen LogP contribution in [0.3, 0.4) is 0 Å². The molecule has 0 heterocycles. The first-order valence-corrected chi connectivity index (χ1v) is 8.62. The van der Waals surface area contributed by atoms with Crippen molar-refractivity contribution in [3.63, 3.8) is 0 Å². The van der Waals surface area contributed by atoms with Gasteiger partial charge in [0.25, 0.3) is 0 Å². The Hall–Kier alpha value is -0.560. The van der Waals surface area contributed by atoms with Gasteiger partial charge in [0, 0.05) is 4.47 Å². The second-order valence-electron chi connectivity index (χ2n) is 4.31. The normalized spacial score (nSPS) is 10.5. The molecule has 0 saturated carbocycles. The molecular weight excluding hydrogens is 466 g/mol. The van der Waals surface area contributed by atoms with Crippen LogP contribution in [0.4, 0.5) is 0 Å². The fourth-order valence-electron chi connectivity index (χ4n) is 1.82. The highest BCUT2D eigenvalue weighted by Gasteiger charge is 2.10. The molecule has 2 N–H and O–H groups in total.